The average molecular weight is 563 g/mol. The van der Waals surface area contributed by atoms with Crippen molar-refractivity contribution >= 4 is 22.9 Å². The van der Waals surface area contributed by atoms with Gasteiger partial charge in [0.15, 0.2) is 0 Å². The zero-order valence-electron chi connectivity index (χ0n) is 23.2. The minimum absolute atomic E-state index is 0.431. The van der Waals surface area contributed by atoms with Crippen molar-refractivity contribution in [3.63, 3.8) is 0 Å². The van der Waals surface area contributed by atoms with Crippen LogP contribution in [0.4, 0.5) is 0 Å². The highest BCUT2D eigenvalue weighted by Crippen LogP contribution is 2.23. The number of hydrogen-bond acceptors (Lipinski definition) is 6. The molecule has 0 fully saturated rings. The number of carbonyl (C=O) groups is 1. The van der Waals surface area contributed by atoms with Gasteiger partial charge in [-0.1, -0.05) is 60.7 Å². The van der Waals surface area contributed by atoms with Gasteiger partial charge < -0.3 is 14.4 Å². The van der Waals surface area contributed by atoms with Crippen LogP contribution in [0.15, 0.2) is 109 Å². The van der Waals surface area contributed by atoms with E-state index in [1.165, 1.54) is 6.08 Å². The van der Waals surface area contributed by atoms with Crippen LogP contribution < -0.4 is 15.5 Å². The topological polar surface area (TPSA) is 109 Å². The molecule has 1 unspecified atom stereocenters. The molecule has 0 radical (unpaired) electrons. The molecule has 214 valence electrons. The molecule has 1 amide bonds. The molecule has 8 nitrogen and oxygen atoms in total. The van der Waals surface area contributed by atoms with E-state index in [1.807, 2.05) is 91.1 Å². The molecule has 0 spiro atoms. The Balaban J connectivity index is 1.08. The molecule has 0 aliphatic carbocycles. The van der Waals surface area contributed by atoms with Crippen LogP contribution in [0.1, 0.15) is 23.2 Å². The highest BCUT2D eigenvalue weighted by molar-refractivity contribution is 5.92. The first-order valence-electron chi connectivity index (χ1n) is 13.9. The number of pyridine rings is 1. The molecule has 8 heteroatoms. The van der Waals surface area contributed by atoms with Crippen LogP contribution in [0.3, 0.4) is 0 Å². The fourth-order valence-corrected chi connectivity index (χ4v) is 4.70. The molecule has 42 heavy (non-hydrogen) atoms. The van der Waals surface area contributed by atoms with Gasteiger partial charge in [-0.25, -0.2) is 5.48 Å². The van der Waals surface area contributed by atoms with Crippen LogP contribution in [0.25, 0.3) is 28.1 Å². The van der Waals surface area contributed by atoms with Gasteiger partial charge in [-0.3, -0.25) is 20.3 Å². The number of carbonyl (C=O) groups excluding carboxylic acids is 1. The second-order valence-electron chi connectivity index (χ2n) is 9.99. The molecular weight excluding hydrogens is 528 g/mol. The average Bonchev–Trinajstić information content (AvgIpc) is 3.44. The summed E-state index contributed by atoms with van der Waals surface area (Å²) in [5.74, 6) is 0.243. The summed E-state index contributed by atoms with van der Waals surface area (Å²) in [5, 5.41) is 23.2. The Morgan fingerprint density at radius 1 is 0.976 bits per heavy atom. The van der Waals surface area contributed by atoms with E-state index in [0.717, 1.165) is 57.6 Å². The summed E-state index contributed by atoms with van der Waals surface area (Å²) in [4.78, 5) is 15.8. The lowest BCUT2D eigenvalue weighted by atomic mass is 10.1. The number of amides is 1. The number of ether oxygens (including phenoxy) is 1. The molecule has 0 aliphatic rings. The SMILES string of the molecule is O=C(/C=C/c1ccc2ccn(CCCOc3ccc(-c4ccc(CC(O)NCc5ccccc5)nc4)cc3)c2c1)NO. The minimum Gasteiger partial charge on any atom is -0.494 e. The first-order chi connectivity index (χ1) is 20.6. The van der Waals surface area contributed by atoms with Crippen molar-refractivity contribution in [1.29, 1.82) is 0 Å². The summed E-state index contributed by atoms with van der Waals surface area (Å²) in [6.45, 7) is 1.97. The van der Waals surface area contributed by atoms with Crippen molar-refractivity contribution in [2.24, 2.45) is 0 Å². The molecule has 2 aromatic heterocycles. The van der Waals surface area contributed by atoms with Crippen molar-refractivity contribution in [1.82, 2.24) is 20.3 Å². The van der Waals surface area contributed by atoms with E-state index in [0.29, 0.717) is 19.6 Å². The maximum absolute atomic E-state index is 11.3. The second-order valence-corrected chi connectivity index (χ2v) is 9.99. The van der Waals surface area contributed by atoms with E-state index in [1.54, 1.807) is 11.6 Å². The number of aromatic nitrogens is 2. The van der Waals surface area contributed by atoms with Crippen LogP contribution in [-0.4, -0.2) is 38.6 Å². The molecule has 0 saturated carbocycles. The lowest BCUT2D eigenvalue weighted by molar-refractivity contribution is -0.124. The molecule has 5 aromatic rings. The zero-order valence-corrected chi connectivity index (χ0v) is 23.2. The first kappa shape index (κ1) is 28.8. The lowest BCUT2D eigenvalue weighted by Gasteiger charge is -2.13. The van der Waals surface area contributed by atoms with Crippen molar-refractivity contribution in [3.8, 4) is 16.9 Å². The van der Waals surface area contributed by atoms with E-state index in [9.17, 15) is 9.90 Å². The Bertz CT molecular complexity index is 1610. The van der Waals surface area contributed by atoms with Gasteiger partial charge in [-0.05, 0) is 64.9 Å². The first-order valence-corrected chi connectivity index (χ1v) is 13.9. The number of nitrogens with zero attached hydrogens (tertiary/aromatic N) is 2. The third-order valence-corrected chi connectivity index (χ3v) is 6.95. The summed E-state index contributed by atoms with van der Waals surface area (Å²) >= 11 is 0. The lowest BCUT2D eigenvalue weighted by Crippen LogP contribution is -2.30. The van der Waals surface area contributed by atoms with Crippen LogP contribution in [-0.2, 0) is 24.3 Å². The number of aliphatic hydroxyl groups is 1. The summed E-state index contributed by atoms with van der Waals surface area (Å²) in [5.41, 5.74) is 7.54. The van der Waals surface area contributed by atoms with Gasteiger partial charge in [0.05, 0.1) is 6.61 Å². The minimum atomic E-state index is -0.669. The van der Waals surface area contributed by atoms with Crippen molar-refractivity contribution in [3.05, 3.63) is 126 Å². The maximum atomic E-state index is 11.3. The predicted molar refractivity (Wildman–Crippen MR) is 164 cm³/mol. The maximum Gasteiger partial charge on any atom is 0.267 e. The molecule has 1 atom stereocenters. The van der Waals surface area contributed by atoms with E-state index in [2.05, 4.69) is 27.1 Å². The molecule has 2 heterocycles. The number of aryl methyl sites for hydroxylation is 1. The number of nitrogens with one attached hydrogen (secondary N) is 2. The van der Waals surface area contributed by atoms with Crippen LogP contribution in [0, 0.1) is 0 Å². The van der Waals surface area contributed by atoms with Crippen LogP contribution in [0.2, 0.25) is 0 Å². The van der Waals surface area contributed by atoms with Gasteiger partial charge in [0.25, 0.3) is 5.91 Å². The Labute approximate surface area is 244 Å². The predicted octanol–water partition coefficient (Wildman–Crippen LogP) is 5.34. The third-order valence-electron chi connectivity index (χ3n) is 6.95. The molecule has 0 saturated heterocycles. The number of benzene rings is 3. The molecular formula is C34H34N4O4. The summed E-state index contributed by atoms with van der Waals surface area (Å²) in [6, 6.07) is 30.0. The molecule has 3 aromatic carbocycles. The number of rotatable bonds is 13. The van der Waals surface area contributed by atoms with Crippen molar-refractivity contribution < 1.29 is 19.8 Å². The summed E-state index contributed by atoms with van der Waals surface area (Å²) in [6.07, 6.45) is 7.43. The largest absolute Gasteiger partial charge is 0.494 e. The van der Waals surface area contributed by atoms with Gasteiger partial charge in [-0.15, -0.1) is 0 Å². The molecule has 5 rings (SSSR count). The monoisotopic (exact) mass is 562 g/mol. The van der Waals surface area contributed by atoms with Crippen LogP contribution in [0.5, 0.6) is 5.75 Å². The van der Waals surface area contributed by atoms with Crippen LogP contribution >= 0.6 is 0 Å². The molecule has 0 aliphatic heterocycles. The van der Waals surface area contributed by atoms with E-state index in [4.69, 9.17) is 9.94 Å². The molecule has 0 bridgehead atoms. The van der Waals surface area contributed by atoms with Gasteiger partial charge in [0.1, 0.15) is 12.0 Å². The Morgan fingerprint density at radius 3 is 2.55 bits per heavy atom. The highest BCUT2D eigenvalue weighted by atomic mass is 16.5. The van der Waals surface area contributed by atoms with Gasteiger partial charge >= 0.3 is 0 Å². The number of hydrogen-bond donors (Lipinski definition) is 4. The normalized spacial score (nSPS) is 12.0. The second kappa shape index (κ2) is 14.2. The van der Waals surface area contributed by atoms with Crippen molar-refractivity contribution in [2.75, 3.05) is 6.61 Å². The number of aliphatic hydroxyl groups excluding tert-OH is 1. The van der Waals surface area contributed by atoms with E-state index >= 15 is 0 Å². The fraction of sp³-hybridized carbons (Fsp3) is 0.176. The molecule has 4 N–H and O–H groups in total. The highest BCUT2D eigenvalue weighted by Gasteiger charge is 2.08. The van der Waals surface area contributed by atoms with E-state index in [-0.39, 0.29) is 0 Å². The van der Waals surface area contributed by atoms with Gasteiger partial charge in [-0.2, -0.15) is 0 Å². The van der Waals surface area contributed by atoms with Gasteiger partial charge in [0.2, 0.25) is 0 Å². The third kappa shape index (κ3) is 7.92. The standard InChI is InChI=1S/C34H34N4O4/c39-33(37-41)16-8-25-7-9-28-17-19-38(32(28)21-25)18-4-20-42-31-14-11-27(12-15-31)29-10-13-30(35-24-29)22-34(40)36-23-26-5-2-1-3-6-26/h1-3,5-17,19,21,24,34,36,40-41H,4,18,20,22-23H2,(H,37,39)/b16-8+. The fourth-order valence-electron chi connectivity index (χ4n) is 4.70. The van der Waals surface area contributed by atoms with Crippen molar-refractivity contribution in [2.45, 2.75) is 32.2 Å². The zero-order chi connectivity index (χ0) is 29.1. The quantitative estimate of drug-likeness (QED) is 0.0507. The Hall–Kier alpha value is -4.76. The Kier molecular flexibility index (Phi) is 9.74. The Morgan fingerprint density at radius 2 is 1.79 bits per heavy atom. The number of hydroxylamine groups is 1. The summed E-state index contributed by atoms with van der Waals surface area (Å²) in [7, 11) is 0. The van der Waals surface area contributed by atoms with E-state index < -0.39 is 12.1 Å². The van der Waals surface area contributed by atoms with Gasteiger partial charge in [0, 0.05) is 54.8 Å². The summed E-state index contributed by atoms with van der Waals surface area (Å²) < 4.78 is 8.15. The number of fused-ring (bicyclic) bond motifs is 1. The smallest absolute Gasteiger partial charge is 0.267 e.